The Morgan fingerprint density at radius 1 is 1.07 bits per heavy atom. The first-order valence-corrected chi connectivity index (χ1v) is 10.7. The lowest BCUT2D eigenvalue weighted by atomic mass is 9.94. The van der Waals surface area contributed by atoms with E-state index in [0.29, 0.717) is 18.0 Å². The third-order valence-corrected chi connectivity index (χ3v) is 6.20. The van der Waals surface area contributed by atoms with Gasteiger partial charge in [0.2, 0.25) is 5.91 Å². The van der Waals surface area contributed by atoms with Crippen LogP contribution in [0.4, 0.5) is 11.4 Å². The standard InChI is InChI=1S/C21H26N2O5S/c1-21(2,3)20(24)23-11-10-14-6-7-15(12-17(14)23)22-29(25,26)19-9-8-16(27-4)13-18(19)28-5/h6-9,12-13,22H,10-11H2,1-5H3. The Balaban J connectivity index is 1.93. The van der Waals surface area contributed by atoms with Crippen LogP contribution in [0, 0.1) is 5.41 Å². The quantitative estimate of drug-likeness (QED) is 0.804. The zero-order valence-corrected chi connectivity index (χ0v) is 18.1. The summed E-state index contributed by atoms with van der Waals surface area (Å²) in [5.74, 6) is 0.685. The van der Waals surface area contributed by atoms with Crippen LogP contribution in [0.1, 0.15) is 26.3 Å². The van der Waals surface area contributed by atoms with Crippen LogP contribution in [-0.4, -0.2) is 35.1 Å². The number of carbonyl (C=O) groups excluding carboxylic acids is 1. The molecule has 1 amide bonds. The molecule has 156 valence electrons. The third-order valence-electron chi connectivity index (χ3n) is 4.78. The van der Waals surface area contributed by atoms with Gasteiger partial charge in [0, 0.05) is 23.7 Å². The summed E-state index contributed by atoms with van der Waals surface area (Å²) in [5, 5.41) is 0. The summed E-state index contributed by atoms with van der Waals surface area (Å²) in [4.78, 5) is 14.5. The van der Waals surface area contributed by atoms with Crippen molar-refractivity contribution >= 4 is 27.3 Å². The number of amides is 1. The van der Waals surface area contributed by atoms with E-state index in [9.17, 15) is 13.2 Å². The Hall–Kier alpha value is -2.74. The second-order valence-corrected chi connectivity index (χ2v) is 9.57. The minimum Gasteiger partial charge on any atom is -0.497 e. The number of ether oxygens (including phenoxy) is 2. The summed E-state index contributed by atoms with van der Waals surface area (Å²) in [7, 11) is -1.00. The first-order valence-electron chi connectivity index (χ1n) is 9.26. The van der Waals surface area contributed by atoms with Crippen molar-refractivity contribution in [2.75, 3.05) is 30.4 Å². The van der Waals surface area contributed by atoms with E-state index in [1.54, 1.807) is 23.1 Å². The zero-order valence-electron chi connectivity index (χ0n) is 17.3. The number of anilines is 2. The summed E-state index contributed by atoms with van der Waals surface area (Å²) in [5.41, 5.74) is 1.63. The highest BCUT2D eigenvalue weighted by molar-refractivity contribution is 7.92. The van der Waals surface area contributed by atoms with Gasteiger partial charge < -0.3 is 14.4 Å². The summed E-state index contributed by atoms with van der Waals surface area (Å²) >= 11 is 0. The van der Waals surface area contributed by atoms with Gasteiger partial charge in [-0.15, -0.1) is 0 Å². The van der Waals surface area contributed by atoms with E-state index in [1.807, 2.05) is 26.8 Å². The van der Waals surface area contributed by atoms with Crippen molar-refractivity contribution in [1.82, 2.24) is 0 Å². The van der Waals surface area contributed by atoms with Gasteiger partial charge in [-0.2, -0.15) is 0 Å². The third kappa shape index (κ3) is 4.17. The molecular formula is C21H26N2O5S. The molecular weight excluding hydrogens is 392 g/mol. The van der Waals surface area contributed by atoms with E-state index >= 15 is 0 Å². The predicted molar refractivity (Wildman–Crippen MR) is 112 cm³/mol. The number of nitrogens with zero attached hydrogens (tertiary/aromatic N) is 1. The van der Waals surface area contributed by atoms with Gasteiger partial charge in [-0.3, -0.25) is 9.52 Å². The van der Waals surface area contributed by atoms with Gasteiger partial charge in [0.15, 0.2) is 0 Å². The molecule has 8 heteroatoms. The molecule has 1 N–H and O–H groups in total. The van der Waals surface area contributed by atoms with Crippen LogP contribution in [0.3, 0.4) is 0 Å². The molecule has 29 heavy (non-hydrogen) atoms. The van der Waals surface area contributed by atoms with Gasteiger partial charge >= 0.3 is 0 Å². The first-order chi connectivity index (χ1) is 13.6. The number of benzene rings is 2. The van der Waals surface area contributed by atoms with E-state index in [4.69, 9.17) is 9.47 Å². The Bertz CT molecular complexity index is 1040. The van der Waals surface area contributed by atoms with Crippen LogP contribution < -0.4 is 19.1 Å². The topological polar surface area (TPSA) is 84.9 Å². The second-order valence-electron chi connectivity index (χ2n) is 7.92. The molecule has 0 saturated heterocycles. The molecule has 0 radical (unpaired) electrons. The number of fused-ring (bicyclic) bond motifs is 1. The lowest BCUT2D eigenvalue weighted by Gasteiger charge is -2.26. The molecule has 3 rings (SSSR count). The fourth-order valence-electron chi connectivity index (χ4n) is 3.27. The van der Waals surface area contributed by atoms with Gasteiger partial charge in [-0.05, 0) is 36.2 Å². The van der Waals surface area contributed by atoms with Crippen LogP contribution in [0.5, 0.6) is 11.5 Å². The van der Waals surface area contributed by atoms with Gasteiger partial charge in [-0.25, -0.2) is 8.42 Å². The highest BCUT2D eigenvalue weighted by atomic mass is 32.2. The van der Waals surface area contributed by atoms with Gasteiger partial charge in [0.1, 0.15) is 16.4 Å². The lowest BCUT2D eigenvalue weighted by molar-refractivity contribution is -0.125. The average molecular weight is 419 g/mol. The molecule has 0 spiro atoms. The number of carbonyl (C=O) groups is 1. The zero-order chi connectivity index (χ0) is 21.4. The number of hydrogen-bond acceptors (Lipinski definition) is 5. The first kappa shape index (κ1) is 21.0. The van der Waals surface area contributed by atoms with Crippen molar-refractivity contribution in [3.05, 3.63) is 42.0 Å². The van der Waals surface area contributed by atoms with Crippen LogP contribution in [0.15, 0.2) is 41.3 Å². The Morgan fingerprint density at radius 2 is 1.79 bits per heavy atom. The molecule has 7 nitrogen and oxygen atoms in total. The second kappa shape index (κ2) is 7.59. The molecule has 1 aliphatic heterocycles. The van der Waals surface area contributed by atoms with Crippen molar-refractivity contribution in [1.29, 1.82) is 0 Å². The Kier molecular flexibility index (Phi) is 5.49. The van der Waals surface area contributed by atoms with Crippen molar-refractivity contribution in [3.8, 4) is 11.5 Å². The highest BCUT2D eigenvalue weighted by Crippen LogP contribution is 2.35. The maximum absolute atomic E-state index is 12.9. The Labute approximate surface area is 171 Å². The number of rotatable bonds is 5. The fraction of sp³-hybridized carbons (Fsp3) is 0.381. The van der Waals surface area contributed by atoms with Crippen molar-refractivity contribution < 1.29 is 22.7 Å². The largest absolute Gasteiger partial charge is 0.497 e. The van der Waals surface area contributed by atoms with Crippen molar-refractivity contribution in [2.24, 2.45) is 5.41 Å². The average Bonchev–Trinajstić information content (AvgIpc) is 3.08. The molecule has 1 aliphatic rings. The van der Waals surface area contributed by atoms with Crippen molar-refractivity contribution in [2.45, 2.75) is 32.1 Å². The molecule has 1 heterocycles. The van der Waals surface area contributed by atoms with Crippen LogP contribution in [-0.2, 0) is 21.2 Å². The normalized spacial score (nSPS) is 13.8. The molecule has 2 aromatic rings. The summed E-state index contributed by atoms with van der Waals surface area (Å²) in [6, 6.07) is 9.78. The molecule has 0 atom stereocenters. The smallest absolute Gasteiger partial charge is 0.265 e. The molecule has 0 aromatic heterocycles. The van der Waals surface area contributed by atoms with Crippen LogP contribution in [0.25, 0.3) is 0 Å². The van der Waals surface area contributed by atoms with Crippen LogP contribution in [0.2, 0.25) is 0 Å². The minimum atomic E-state index is -3.90. The number of sulfonamides is 1. The number of methoxy groups -OCH3 is 2. The summed E-state index contributed by atoms with van der Waals surface area (Å²) < 4.78 is 38.8. The van der Waals surface area contributed by atoms with Gasteiger partial charge in [0.25, 0.3) is 10.0 Å². The van der Waals surface area contributed by atoms with Crippen LogP contribution >= 0.6 is 0 Å². The predicted octanol–water partition coefficient (Wildman–Crippen LogP) is 3.44. The van der Waals surface area contributed by atoms with E-state index in [2.05, 4.69) is 4.72 Å². The maximum atomic E-state index is 12.9. The molecule has 0 aliphatic carbocycles. The van der Waals surface area contributed by atoms with Gasteiger partial charge in [0.05, 0.1) is 19.9 Å². The van der Waals surface area contributed by atoms with Crippen molar-refractivity contribution in [3.63, 3.8) is 0 Å². The summed E-state index contributed by atoms with van der Waals surface area (Å²) in [6.07, 6.45) is 0.747. The molecule has 2 aromatic carbocycles. The number of hydrogen-bond donors (Lipinski definition) is 1. The molecule has 0 bridgehead atoms. The van der Waals surface area contributed by atoms with E-state index < -0.39 is 15.4 Å². The number of nitrogens with one attached hydrogen (secondary N) is 1. The summed E-state index contributed by atoms with van der Waals surface area (Å²) in [6.45, 7) is 6.20. The van der Waals surface area contributed by atoms with Gasteiger partial charge in [-0.1, -0.05) is 26.8 Å². The van der Waals surface area contributed by atoms with E-state index in [0.717, 1.165) is 17.7 Å². The Morgan fingerprint density at radius 3 is 2.41 bits per heavy atom. The lowest BCUT2D eigenvalue weighted by Crippen LogP contribution is -2.38. The molecule has 0 saturated carbocycles. The minimum absolute atomic E-state index is 0.00363. The fourth-order valence-corrected chi connectivity index (χ4v) is 4.47. The van der Waals surface area contributed by atoms with E-state index in [1.165, 1.54) is 26.4 Å². The SMILES string of the molecule is COc1ccc(S(=O)(=O)Nc2ccc3c(c2)N(C(=O)C(C)(C)C)CC3)c(OC)c1. The molecule has 0 fully saturated rings. The monoisotopic (exact) mass is 418 g/mol. The molecule has 0 unspecified atom stereocenters. The highest BCUT2D eigenvalue weighted by Gasteiger charge is 2.32. The van der Waals surface area contributed by atoms with E-state index in [-0.39, 0.29) is 16.6 Å². The maximum Gasteiger partial charge on any atom is 0.265 e.